The van der Waals surface area contributed by atoms with Gasteiger partial charge >= 0.3 is 0 Å². The van der Waals surface area contributed by atoms with E-state index in [2.05, 4.69) is 20.8 Å². The summed E-state index contributed by atoms with van der Waals surface area (Å²) in [6, 6.07) is 0. The second-order valence-electron chi connectivity index (χ2n) is 5.90. The van der Waals surface area contributed by atoms with Crippen LogP contribution in [0.2, 0.25) is 0 Å². The summed E-state index contributed by atoms with van der Waals surface area (Å²) in [4.78, 5) is 0. The van der Waals surface area contributed by atoms with Gasteiger partial charge in [0, 0.05) is 0 Å². The van der Waals surface area contributed by atoms with Crippen LogP contribution in [-0.4, -0.2) is 37.1 Å². The van der Waals surface area contributed by atoms with Crippen LogP contribution in [0.15, 0.2) is 0 Å². The lowest BCUT2D eigenvalue weighted by Gasteiger charge is -2.30. The fourth-order valence-corrected chi connectivity index (χ4v) is 2.44. The van der Waals surface area contributed by atoms with E-state index in [-0.39, 0.29) is 12.2 Å². The fourth-order valence-electron chi connectivity index (χ4n) is 2.44. The Morgan fingerprint density at radius 1 is 0.800 bits per heavy atom. The van der Waals surface area contributed by atoms with Crippen LogP contribution in [0.3, 0.4) is 0 Å². The number of rotatable bonds is 15. The van der Waals surface area contributed by atoms with E-state index in [1.807, 2.05) is 0 Å². The van der Waals surface area contributed by atoms with Gasteiger partial charge in [-0.05, 0) is 19.8 Å². The molecule has 0 radical (unpaired) electrons. The number of hydrogen-bond acceptors (Lipinski definition) is 3. The van der Waals surface area contributed by atoms with Crippen molar-refractivity contribution >= 4 is 0 Å². The van der Waals surface area contributed by atoms with Gasteiger partial charge in [0.15, 0.2) is 0 Å². The first-order valence-electron chi connectivity index (χ1n) is 8.51. The Morgan fingerprint density at radius 3 is 2.10 bits per heavy atom. The maximum absolute atomic E-state index is 8.66. The van der Waals surface area contributed by atoms with Crippen molar-refractivity contribution < 1.29 is 14.6 Å². The Bertz CT molecular complexity index is 181. The van der Waals surface area contributed by atoms with Crippen LogP contribution >= 0.6 is 0 Å². The van der Waals surface area contributed by atoms with Crippen molar-refractivity contribution in [2.45, 2.75) is 84.2 Å². The van der Waals surface area contributed by atoms with Crippen molar-refractivity contribution in [2.75, 3.05) is 26.4 Å². The summed E-state index contributed by atoms with van der Waals surface area (Å²) in [6.45, 7) is 8.44. The first-order valence-corrected chi connectivity index (χ1v) is 8.51. The molecular weight excluding hydrogens is 252 g/mol. The quantitative estimate of drug-likeness (QED) is 0.456. The lowest BCUT2D eigenvalue weighted by Crippen LogP contribution is -2.30. The molecule has 20 heavy (non-hydrogen) atoms. The van der Waals surface area contributed by atoms with Crippen LogP contribution in [0, 0.1) is 0 Å². The summed E-state index contributed by atoms with van der Waals surface area (Å²) < 4.78 is 11.3. The van der Waals surface area contributed by atoms with Crippen LogP contribution in [0.1, 0.15) is 78.6 Å². The van der Waals surface area contributed by atoms with Crippen LogP contribution in [0.5, 0.6) is 0 Å². The standard InChI is InChI=1S/C17H36O3/c1-4-6-8-9-10-12-17(3,11-7-5-2)20-16-15-19-14-13-18/h18H,4-16H2,1-3H3. The molecule has 122 valence electrons. The minimum atomic E-state index is 0.00476. The summed E-state index contributed by atoms with van der Waals surface area (Å²) in [5.74, 6) is 0. The smallest absolute Gasteiger partial charge is 0.0707 e. The summed E-state index contributed by atoms with van der Waals surface area (Å²) >= 11 is 0. The number of ether oxygens (including phenoxy) is 2. The normalized spacial score (nSPS) is 14.4. The second kappa shape index (κ2) is 13.8. The molecule has 3 nitrogen and oxygen atoms in total. The molecule has 0 fully saturated rings. The highest BCUT2D eigenvalue weighted by atomic mass is 16.5. The van der Waals surface area contributed by atoms with Crippen LogP contribution in [-0.2, 0) is 9.47 Å². The maximum Gasteiger partial charge on any atom is 0.0707 e. The van der Waals surface area contributed by atoms with Gasteiger partial charge in [-0.15, -0.1) is 0 Å². The zero-order valence-corrected chi connectivity index (χ0v) is 14.0. The van der Waals surface area contributed by atoms with Gasteiger partial charge in [-0.25, -0.2) is 0 Å². The molecular formula is C17H36O3. The first kappa shape index (κ1) is 19.9. The molecule has 3 heteroatoms. The fraction of sp³-hybridized carbons (Fsp3) is 1.00. The minimum Gasteiger partial charge on any atom is -0.394 e. The molecule has 0 amide bonds. The van der Waals surface area contributed by atoms with Crippen molar-refractivity contribution in [3.8, 4) is 0 Å². The molecule has 1 unspecified atom stereocenters. The second-order valence-corrected chi connectivity index (χ2v) is 5.90. The van der Waals surface area contributed by atoms with E-state index in [1.165, 1.54) is 44.9 Å². The third-order valence-corrected chi connectivity index (χ3v) is 3.78. The van der Waals surface area contributed by atoms with E-state index in [9.17, 15) is 0 Å². The van der Waals surface area contributed by atoms with Crippen LogP contribution in [0.4, 0.5) is 0 Å². The number of hydrogen-bond donors (Lipinski definition) is 1. The molecule has 0 heterocycles. The SMILES string of the molecule is CCCCCCCC(C)(CCCC)OCCOCCO. The van der Waals surface area contributed by atoms with E-state index >= 15 is 0 Å². The Kier molecular flexibility index (Phi) is 13.8. The molecule has 0 aromatic heterocycles. The highest BCUT2D eigenvalue weighted by Crippen LogP contribution is 2.26. The van der Waals surface area contributed by atoms with Crippen molar-refractivity contribution in [2.24, 2.45) is 0 Å². The summed E-state index contributed by atoms with van der Waals surface area (Å²) in [5.41, 5.74) is 0.00476. The highest BCUT2D eigenvalue weighted by Gasteiger charge is 2.23. The number of aliphatic hydroxyl groups excluding tert-OH is 1. The van der Waals surface area contributed by atoms with Gasteiger partial charge in [-0.1, -0.05) is 58.8 Å². The average Bonchev–Trinajstić information content (AvgIpc) is 2.45. The Labute approximate surface area is 126 Å². The van der Waals surface area contributed by atoms with Gasteiger partial charge < -0.3 is 14.6 Å². The van der Waals surface area contributed by atoms with Gasteiger partial charge in [0.25, 0.3) is 0 Å². The van der Waals surface area contributed by atoms with Crippen molar-refractivity contribution in [1.82, 2.24) is 0 Å². The Hall–Kier alpha value is -0.120. The molecule has 0 aromatic carbocycles. The largest absolute Gasteiger partial charge is 0.394 e. The van der Waals surface area contributed by atoms with Crippen molar-refractivity contribution in [3.63, 3.8) is 0 Å². The molecule has 0 saturated carbocycles. The van der Waals surface area contributed by atoms with Gasteiger partial charge in [-0.2, -0.15) is 0 Å². The number of unbranched alkanes of at least 4 members (excludes halogenated alkanes) is 5. The van der Waals surface area contributed by atoms with E-state index in [4.69, 9.17) is 14.6 Å². The molecule has 0 spiro atoms. The molecule has 0 saturated heterocycles. The topological polar surface area (TPSA) is 38.7 Å². The minimum absolute atomic E-state index is 0.00476. The molecule has 0 rings (SSSR count). The third-order valence-electron chi connectivity index (χ3n) is 3.78. The molecule has 0 bridgehead atoms. The molecule has 0 aliphatic rings. The zero-order valence-electron chi connectivity index (χ0n) is 14.0. The van der Waals surface area contributed by atoms with E-state index in [1.54, 1.807) is 0 Å². The van der Waals surface area contributed by atoms with E-state index in [0.29, 0.717) is 19.8 Å². The van der Waals surface area contributed by atoms with Crippen LogP contribution < -0.4 is 0 Å². The predicted molar refractivity (Wildman–Crippen MR) is 85.2 cm³/mol. The predicted octanol–water partition coefficient (Wildman–Crippen LogP) is 4.32. The lowest BCUT2D eigenvalue weighted by atomic mass is 9.92. The number of aliphatic hydroxyl groups is 1. The lowest BCUT2D eigenvalue weighted by molar-refractivity contribution is -0.0703. The van der Waals surface area contributed by atoms with Crippen LogP contribution in [0.25, 0.3) is 0 Å². The molecule has 0 aromatic rings. The van der Waals surface area contributed by atoms with Gasteiger partial charge in [-0.3, -0.25) is 0 Å². The Balaban J connectivity index is 3.88. The highest BCUT2D eigenvalue weighted by molar-refractivity contribution is 4.75. The molecule has 1 N–H and O–H groups in total. The molecule has 0 aliphatic carbocycles. The van der Waals surface area contributed by atoms with Crippen molar-refractivity contribution in [1.29, 1.82) is 0 Å². The monoisotopic (exact) mass is 288 g/mol. The van der Waals surface area contributed by atoms with E-state index in [0.717, 1.165) is 12.8 Å². The molecule has 1 atom stereocenters. The summed E-state index contributed by atoms with van der Waals surface area (Å²) in [7, 11) is 0. The summed E-state index contributed by atoms with van der Waals surface area (Å²) in [6.07, 6.45) is 11.3. The zero-order chi connectivity index (χ0) is 15.1. The molecule has 0 aliphatic heterocycles. The van der Waals surface area contributed by atoms with E-state index < -0.39 is 0 Å². The maximum atomic E-state index is 8.66. The first-order chi connectivity index (χ1) is 9.68. The Morgan fingerprint density at radius 2 is 1.45 bits per heavy atom. The van der Waals surface area contributed by atoms with Gasteiger partial charge in [0.1, 0.15) is 0 Å². The average molecular weight is 288 g/mol. The van der Waals surface area contributed by atoms with Crippen molar-refractivity contribution in [3.05, 3.63) is 0 Å². The van der Waals surface area contributed by atoms with Gasteiger partial charge in [0.05, 0.1) is 32.0 Å². The summed E-state index contributed by atoms with van der Waals surface area (Å²) in [5, 5.41) is 8.66. The third kappa shape index (κ3) is 11.7. The van der Waals surface area contributed by atoms with Gasteiger partial charge in [0.2, 0.25) is 0 Å².